The molecule has 19 heavy (non-hydrogen) atoms. The quantitative estimate of drug-likeness (QED) is 0.386. The molecule has 1 aromatic heterocycles. The first-order chi connectivity index (χ1) is 9.10. The first-order valence-corrected chi connectivity index (χ1v) is 5.17. The first-order valence-electron chi connectivity index (χ1n) is 5.17. The third-order valence-electron chi connectivity index (χ3n) is 2.18. The molecular weight excluding hydrogens is 256 g/mol. The van der Waals surface area contributed by atoms with E-state index in [2.05, 4.69) is 10.1 Å². The molecule has 98 valence electrons. The summed E-state index contributed by atoms with van der Waals surface area (Å²) in [6.07, 6.45) is 1.41. The Morgan fingerprint density at radius 2 is 1.95 bits per heavy atom. The zero-order chi connectivity index (χ0) is 13.8. The van der Waals surface area contributed by atoms with Crippen LogP contribution in [0.3, 0.4) is 0 Å². The van der Waals surface area contributed by atoms with E-state index in [-0.39, 0.29) is 23.0 Å². The lowest BCUT2D eigenvalue weighted by molar-refractivity contribution is 0.318. The van der Waals surface area contributed by atoms with Gasteiger partial charge in [-0.2, -0.15) is 0 Å². The van der Waals surface area contributed by atoms with Gasteiger partial charge < -0.3 is 15.7 Å². The number of aromatic nitrogens is 1. The number of oxime groups is 1. The second-order valence-corrected chi connectivity index (χ2v) is 3.54. The van der Waals surface area contributed by atoms with Crippen molar-refractivity contribution in [3.05, 3.63) is 53.9 Å². The van der Waals surface area contributed by atoms with Crippen molar-refractivity contribution in [3.8, 4) is 11.5 Å². The molecule has 0 aliphatic carbocycles. The van der Waals surface area contributed by atoms with Gasteiger partial charge in [-0.25, -0.2) is 13.8 Å². The largest absolute Gasteiger partial charge is 0.455 e. The fourth-order valence-electron chi connectivity index (χ4n) is 1.43. The maximum atomic E-state index is 13.0. The lowest BCUT2D eigenvalue weighted by atomic mass is 10.3. The third kappa shape index (κ3) is 2.95. The Hall–Kier alpha value is -2.70. The van der Waals surface area contributed by atoms with Gasteiger partial charge in [0.05, 0.1) is 0 Å². The van der Waals surface area contributed by atoms with Crippen LogP contribution in [0.15, 0.2) is 41.7 Å². The minimum atomic E-state index is -0.774. The molecule has 0 radical (unpaired) electrons. The van der Waals surface area contributed by atoms with Crippen molar-refractivity contribution in [2.45, 2.75) is 0 Å². The zero-order valence-electron chi connectivity index (χ0n) is 9.55. The van der Waals surface area contributed by atoms with E-state index in [0.29, 0.717) is 0 Å². The molecule has 0 spiro atoms. The Labute approximate surface area is 107 Å². The lowest BCUT2D eigenvalue weighted by Gasteiger charge is -2.09. The molecule has 0 saturated carbocycles. The van der Waals surface area contributed by atoms with Gasteiger partial charge in [-0.05, 0) is 12.1 Å². The highest BCUT2D eigenvalue weighted by atomic mass is 19.1. The Balaban J connectivity index is 2.38. The Kier molecular flexibility index (Phi) is 3.56. The molecule has 0 amide bonds. The van der Waals surface area contributed by atoms with Crippen LogP contribution in [0, 0.1) is 11.6 Å². The standard InChI is InChI=1S/C12H9F2N3O2/c13-7-4-8(14)6-9(5-7)19-10-2-1-3-16-11(10)12(15)17-18/h1-6,18H,(H2,15,17). The minimum Gasteiger partial charge on any atom is -0.455 e. The second kappa shape index (κ2) is 5.30. The number of pyridine rings is 1. The maximum absolute atomic E-state index is 13.0. The lowest BCUT2D eigenvalue weighted by Crippen LogP contribution is -2.15. The molecule has 0 saturated heterocycles. The molecule has 0 fully saturated rings. The van der Waals surface area contributed by atoms with Crippen molar-refractivity contribution >= 4 is 5.84 Å². The van der Waals surface area contributed by atoms with Crippen LogP contribution < -0.4 is 10.5 Å². The molecule has 5 nitrogen and oxygen atoms in total. The third-order valence-corrected chi connectivity index (χ3v) is 2.18. The summed E-state index contributed by atoms with van der Waals surface area (Å²) in [7, 11) is 0. The summed E-state index contributed by atoms with van der Waals surface area (Å²) in [5, 5.41) is 11.4. The molecule has 1 heterocycles. The van der Waals surface area contributed by atoms with Crippen LogP contribution >= 0.6 is 0 Å². The second-order valence-electron chi connectivity index (χ2n) is 3.54. The molecule has 0 aliphatic heterocycles. The number of benzene rings is 1. The molecule has 0 atom stereocenters. The number of rotatable bonds is 3. The molecule has 3 N–H and O–H groups in total. The average molecular weight is 265 g/mol. The highest BCUT2D eigenvalue weighted by Crippen LogP contribution is 2.25. The summed E-state index contributed by atoms with van der Waals surface area (Å²) in [5.74, 6) is -1.76. The summed E-state index contributed by atoms with van der Waals surface area (Å²) < 4.78 is 31.3. The van der Waals surface area contributed by atoms with E-state index in [4.69, 9.17) is 15.7 Å². The Morgan fingerprint density at radius 3 is 2.58 bits per heavy atom. The predicted octanol–water partition coefficient (Wildman–Crippen LogP) is 2.25. The Morgan fingerprint density at radius 1 is 1.26 bits per heavy atom. The van der Waals surface area contributed by atoms with Gasteiger partial charge in [0.1, 0.15) is 17.4 Å². The van der Waals surface area contributed by atoms with E-state index >= 15 is 0 Å². The summed E-state index contributed by atoms with van der Waals surface area (Å²) in [6, 6.07) is 5.75. The number of nitrogens with zero attached hydrogens (tertiary/aromatic N) is 2. The molecule has 0 bridgehead atoms. The molecule has 2 rings (SSSR count). The number of halogens is 2. The van der Waals surface area contributed by atoms with E-state index < -0.39 is 11.6 Å². The van der Waals surface area contributed by atoms with E-state index in [1.807, 2.05) is 0 Å². The van der Waals surface area contributed by atoms with Crippen molar-refractivity contribution in [3.63, 3.8) is 0 Å². The fourth-order valence-corrected chi connectivity index (χ4v) is 1.43. The number of ether oxygens (including phenoxy) is 1. The van der Waals surface area contributed by atoms with Gasteiger partial charge in [-0.1, -0.05) is 5.16 Å². The number of hydrogen-bond acceptors (Lipinski definition) is 4. The zero-order valence-corrected chi connectivity index (χ0v) is 9.55. The SMILES string of the molecule is N/C(=N/O)c1ncccc1Oc1cc(F)cc(F)c1. The summed E-state index contributed by atoms with van der Waals surface area (Å²) in [4.78, 5) is 3.86. The van der Waals surface area contributed by atoms with Crippen molar-refractivity contribution in [2.24, 2.45) is 10.9 Å². The van der Waals surface area contributed by atoms with Gasteiger partial charge in [-0.15, -0.1) is 0 Å². The summed E-state index contributed by atoms with van der Waals surface area (Å²) >= 11 is 0. The first kappa shape index (κ1) is 12.7. The molecule has 1 aromatic carbocycles. The van der Waals surface area contributed by atoms with Gasteiger partial charge in [0.25, 0.3) is 0 Å². The van der Waals surface area contributed by atoms with Gasteiger partial charge in [-0.3, -0.25) is 0 Å². The molecule has 0 aliphatic rings. The number of nitrogens with two attached hydrogens (primary N) is 1. The highest BCUT2D eigenvalue weighted by molar-refractivity contribution is 5.97. The number of hydrogen-bond donors (Lipinski definition) is 2. The van der Waals surface area contributed by atoms with Crippen LogP contribution in [0.2, 0.25) is 0 Å². The normalized spacial score (nSPS) is 11.4. The fraction of sp³-hybridized carbons (Fsp3) is 0. The Bertz CT molecular complexity index is 612. The highest BCUT2D eigenvalue weighted by Gasteiger charge is 2.11. The van der Waals surface area contributed by atoms with Crippen LogP contribution in [0.5, 0.6) is 11.5 Å². The van der Waals surface area contributed by atoms with Gasteiger partial charge in [0.15, 0.2) is 17.3 Å². The van der Waals surface area contributed by atoms with E-state index in [0.717, 1.165) is 18.2 Å². The maximum Gasteiger partial charge on any atom is 0.192 e. The van der Waals surface area contributed by atoms with E-state index in [9.17, 15) is 8.78 Å². The van der Waals surface area contributed by atoms with E-state index in [1.165, 1.54) is 12.3 Å². The number of amidine groups is 1. The van der Waals surface area contributed by atoms with Gasteiger partial charge >= 0.3 is 0 Å². The topological polar surface area (TPSA) is 80.7 Å². The van der Waals surface area contributed by atoms with Gasteiger partial charge in [0.2, 0.25) is 0 Å². The van der Waals surface area contributed by atoms with E-state index in [1.54, 1.807) is 6.07 Å². The minimum absolute atomic E-state index is 0.0579. The van der Waals surface area contributed by atoms with Crippen LogP contribution in [-0.2, 0) is 0 Å². The smallest absolute Gasteiger partial charge is 0.192 e. The van der Waals surface area contributed by atoms with Crippen LogP contribution in [0.4, 0.5) is 8.78 Å². The van der Waals surface area contributed by atoms with Crippen LogP contribution in [0.1, 0.15) is 5.69 Å². The molecular formula is C12H9F2N3O2. The van der Waals surface area contributed by atoms with Crippen LogP contribution in [0.25, 0.3) is 0 Å². The van der Waals surface area contributed by atoms with Gasteiger partial charge in [0, 0.05) is 24.4 Å². The average Bonchev–Trinajstić information content (AvgIpc) is 2.37. The van der Waals surface area contributed by atoms with Crippen molar-refractivity contribution in [1.29, 1.82) is 0 Å². The molecule has 2 aromatic rings. The van der Waals surface area contributed by atoms with Crippen molar-refractivity contribution in [2.75, 3.05) is 0 Å². The van der Waals surface area contributed by atoms with Crippen LogP contribution in [-0.4, -0.2) is 16.0 Å². The predicted molar refractivity (Wildman–Crippen MR) is 63.2 cm³/mol. The molecule has 7 heteroatoms. The van der Waals surface area contributed by atoms with Crippen molar-refractivity contribution in [1.82, 2.24) is 4.98 Å². The monoisotopic (exact) mass is 265 g/mol. The van der Waals surface area contributed by atoms with Crippen molar-refractivity contribution < 1.29 is 18.7 Å². The molecule has 0 unspecified atom stereocenters. The summed E-state index contributed by atoms with van der Waals surface area (Å²) in [5.41, 5.74) is 5.48. The summed E-state index contributed by atoms with van der Waals surface area (Å²) in [6.45, 7) is 0.